The van der Waals surface area contributed by atoms with Crippen LogP contribution in [0.1, 0.15) is 40.4 Å². The molecule has 1 amide bonds. The number of methoxy groups -OCH3 is 2. The zero-order valence-corrected chi connectivity index (χ0v) is 19.2. The number of carbonyl (C=O) groups excluding carboxylic acids is 1. The third-order valence-electron chi connectivity index (χ3n) is 5.51. The molecule has 9 heteroatoms. The summed E-state index contributed by atoms with van der Waals surface area (Å²) in [6, 6.07) is 7.57. The van der Waals surface area contributed by atoms with E-state index in [0.29, 0.717) is 35.5 Å². The topological polar surface area (TPSA) is 94.6 Å². The SMILES string of the molecule is COCCNCc1cc(C(=O)Nc2nc3c(OC)ccc(C4CCOCC4)c3s2)ccn1. The summed E-state index contributed by atoms with van der Waals surface area (Å²) in [5.74, 6) is 0.923. The van der Waals surface area contributed by atoms with E-state index in [1.165, 1.54) is 16.9 Å². The van der Waals surface area contributed by atoms with Gasteiger partial charge in [0.25, 0.3) is 5.91 Å². The van der Waals surface area contributed by atoms with Gasteiger partial charge in [-0.3, -0.25) is 15.1 Å². The maximum absolute atomic E-state index is 12.9. The van der Waals surface area contributed by atoms with E-state index in [-0.39, 0.29) is 5.91 Å². The maximum atomic E-state index is 12.9. The van der Waals surface area contributed by atoms with Crippen LogP contribution in [0.4, 0.5) is 5.13 Å². The van der Waals surface area contributed by atoms with Crippen molar-refractivity contribution in [1.29, 1.82) is 0 Å². The number of carbonyl (C=O) groups is 1. The quantitative estimate of drug-likeness (QED) is 0.475. The van der Waals surface area contributed by atoms with Gasteiger partial charge in [-0.25, -0.2) is 4.98 Å². The fourth-order valence-corrected chi connectivity index (χ4v) is 4.90. The molecule has 0 radical (unpaired) electrons. The largest absolute Gasteiger partial charge is 0.494 e. The van der Waals surface area contributed by atoms with E-state index in [1.807, 2.05) is 6.07 Å². The van der Waals surface area contributed by atoms with Gasteiger partial charge in [0.05, 0.1) is 24.1 Å². The Hall–Kier alpha value is -2.59. The molecule has 2 N–H and O–H groups in total. The number of nitrogens with zero attached hydrogens (tertiary/aromatic N) is 2. The van der Waals surface area contributed by atoms with Crippen LogP contribution in [-0.2, 0) is 16.0 Å². The van der Waals surface area contributed by atoms with Gasteiger partial charge in [-0.1, -0.05) is 17.4 Å². The van der Waals surface area contributed by atoms with Crippen molar-refractivity contribution in [2.75, 3.05) is 45.9 Å². The van der Waals surface area contributed by atoms with Crippen LogP contribution >= 0.6 is 11.3 Å². The van der Waals surface area contributed by atoms with Gasteiger partial charge in [0.1, 0.15) is 11.3 Å². The van der Waals surface area contributed by atoms with E-state index < -0.39 is 0 Å². The second kappa shape index (κ2) is 10.8. The summed E-state index contributed by atoms with van der Waals surface area (Å²) in [5.41, 5.74) is 3.37. The molecule has 8 nitrogen and oxygen atoms in total. The third-order valence-corrected chi connectivity index (χ3v) is 6.53. The Morgan fingerprint density at radius 1 is 1.25 bits per heavy atom. The Morgan fingerprint density at radius 2 is 2.09 bits per heavy atom. The van der Waals surface area contributed by atoms with Gasteiger partial charge in [0, 0.05) is 45.2 Å². The molecular weight excluding hydrogens is 428 g/mol. The third kappa shape index (κ3) is 5.24. The smallest absolute Gasteiger partial charge is 0.257 e. The Morgan fingerprint density at radius 3 is 2.88 bits per heavy atom. The number of aromatic nitrogens is 2. The van der Waals surface area contributed by atoms with Crippen molar-refractivity contribution in [3.63, 3.8) is 0 Å². The van der Waals surface area contributed by atoms with E-state index in [0.717, 1.165) is 48.5 Å². The molecule has 1 aromatic carbocycles. The molecule has 2 aromatic heterocycles. The van der Waals surface area contributed by atoms with Crippen molar-refractivity contribution in [1.82, 2.24) is 15.3 Å². The summed E-state index contributed by atoms with van der Waals surface area (Å²) in [6.07, 6.45) is 3.62. The van der Waals surface area contributed by atoms with Gasteiger partial charge in [0.2, 0.25) is 0 Å². The van der Waals surface area contributed by atoms with E-state index in [4.69, 9.17) is 14.2 Å². The molecule has 0 bridgehead atoms. The predicted octanol–water partition coefficient (Wildman–Crippen LogP) is 3.58. The van der Waals surface area contributed by atoms with Crippen molar-refractivity contribution in [3.05, 3.63) is 47.3 Å². The number of benzene rings is 1. The Kier molecular flexibility index (Phi) is 7.64. The molecule has 1 fully saturated rings. The standard InChI is InChI=1S/C23H28N4O4S/c1-29-12-9-24-14-17-13-16(5-8-25-17)22(28)27-23-26-20-19(30-2)4-3-18(21(20)32-23)15-6-10-31-11-7-15/h3-5,8,13,15,24H,6-7,9-12,14H2,1-2H3,(H,26,27,28). The van der Waals surface area contributed by atoms with Crippen LogP contribution < -0.4 is 15.4 Å². The minimum atomic E-state index is -0.212. The van der Waals surface area contributed by atoms with E-state index in [9.17, 15) is 4.79 Å². The van der Waals surface area contributed by atoms with Gasteiger partial charge in [-0.2, -0.15) is 0 Å². The summed E-state index contributed by atoms with van der Waals surface area (Å²) in [4.78, 5) is 21.9. The fourth-order valence-electron chi connectivity index (χ4n) is 3.83. The summed E-state index contributed by atoms with van der Waals surface area (Å²) in [5, 5.41) is 6.74. The number of hydrogen-bond donors (Lipinski definition) is 2. The number of hydrogen-bond acceptors (Lipinski definition) is 8. The molecule has 4 rings (SSSR count). The van der Waals surface area contributed by atoms with Gasteiger partial charge in [0.15, 0.2) is 5.13 Å². The van der Waals surface area contributed by atoms with Gasteiger partial charge < -0.3 is 19.5 Å². The highest BCUT2D eigenvalue weighted by molar-refractivity contribution is 7.22. The minimum absolute atomic E-state index is 0.212. The molecule has 0 saturated carbocycles. The van der Waals surface area contributed by atoms with Crippen molar-refractivity contribution in [3.8, 4) is 5.75 Å². The van der Waals surface area contributed by atoms with Crippen LogP contribution in [0, 0.1) is 0 Å². The second-order valence-corrected chi connectivity index (χ2v) is 8.60. The lowest BCUT2D eigenvalue weighted by atomic mass is 9.91. The Bertz CT molecular complexity index is 1070. The molecule has 1 aliphatic rings. The van der Waals surface area contributed by atoms with E-state index in [1.54, 1.807) is 32.5 Å². The molecule has 1 saturated heterocycles. The molecule has 1 aliphatic heterocycles. The minimum Gasteiger partial charge on any atom is -0.494 e. The summed E-state index contributed by atoms with van der Waals surface area (Å²) in [7, 11) is 3.30. The summed E-state index contributed by atoms with van der Waals surface area (Å²) < 4.78 is 17.1. The van der Waals surface area contributed by atoms with Crippen molar-refractivity contribution >= 4 is 32.6 Å². The number of amides is 1. The first-order valence-corrected chi connectivity index (χ1v) is 11.5. The summed E-state index contributed by atoms with van der Waals surface area (Å²) >= 11 is 1.49. The lowest BCUT2D eigenvalue weighted by Gasteiger charge is -2.23. The second-order valence-electron chi connectivity index (χ2n) is 7.60. The molecule has 0 atom stereocenters. The summed E-state index contributed by atoms with van der Waals surface area (Å²) in [6.45, 7) is 3.45. The first-order valence-electron chi connectivity index (χ1n) is 10.7. The average molecular weight is 457 g/mol. The highest BCUT2D eigenvalue weighted by atomic mass is 32.1. The first-order chi connectivity index (χ1) is 15.7. The Balaban J connectivity index is 1.53. The van der Waals surface area contributed by atoms with Gasteiger partial charge in [-0.05, 0) is 42.5 Å². The molecular formula is C23H28N4O4S. The van der Waals surface area contributed by atoms with Crippen LogP contribution in [0.25, 0.3) is 10.2 Å². The van der Waals surface area contributed by atoms with E-state index >= 15 is 0 Å². The van der Waals surface area contributed by atoms with Crippen LogP contribution in [-0.4, -0.2) is 56.5 Å². The lowest BCUT2D eigenvalue weighted by molar-refractivity contribution is 0.0856. The highest BCUT2D eigenvalue weighted by Crippen LogP contribution is 2.40. The molecule has 3 aromatic rings. The number of rotatable bonds is 9. The Labute approximate surface area is 191 Å². The molecule has 0 unspecified atom stereocenters. The van der Waals surface area contributed by atoms with Crippen LogP contribution in [0.5, 0.6) is 5.75 Å². The van der Waals surface area contributed by atoms with Crippen LogP contribution in [0.15, 0.2) is 30.5 Å². The molecule has 3 heterocycles. The van der Waals surface area contributed by atoms with E-state index in [2.05, 4.69) is 26.7 Å². The van der Waals surface area contributed by atoms with Crippen molar-refractivity contribution < 1.29 is 19.0 Å². The van der Waals surface area contributed by atoms with Crippen LogP contribution in [0.2, 0.25) is 0 Å². The monoisotopic (exact) mass is 456 g/mol. The fraction of sp³-hybridized carbons (Fsp3) is 0.435. The number of ether oxygens (including phenoxy) is 3. The van der Waals surface area contributed by atoms with Crippen molar-refractivity contribution in [2.45, 2.75) is 25.3 Å². The zero-order chi connectivity index (χ0) is 22.3. The normalized spacial score (nSPS) is 14.6. The maximum Gasteiger partial charge on any atom is 0.257 e. The average Bonchev–Trinajstić information content (AvgIpc) is 3.25. The molecule has 0 aliphatic carbocycles. The highest BCUT2D eigenvalue weighted by Gasteiger charge is 2.22. The number of thiazole rings is 1. The van der Waals surface area contributed by atoms with Crippen LogP contribution in [0.3, 0.4) is 0 Å². The molecule has 32 heavy (non-hydrogen) atoms. The molecule has 170 valence electrons. The predicted molar refractivity (Wildman–Crippen MR) is 125 cm³/mol. The number of nitrogens with one attached hydrogen (secondary N) is 2. The number of pyridine rings is 1. The van der Waals surface area contributed by atoms with Gasteiger partial charge in [-0.15, -0.1) is 0 Å². The molecule has 0 spiro atoms. The number of fused-ring (bicyclic) bond motifs is 1. The lowest BCUT2D eigenvalue weighted by Crippen LogP contribution is -2.20. The number of anilines is 1. The zero-order valence-electron chi connectivity index (χ0n) is 18.3. The van der Waals surface area contributed by atoms with Gasteiger partial charge >= 0.3 is 0 Å². The van der Waals surface area contributed by atoms with Crippen molar-refractivity contribution in [2.24, 2.45) is 0 Å². The first kappa shape index (κ1) is 22.6.